The van der Waals surface area contributed by atoms with Gasteiger partial charge >= 0.3 is 11.9 Å². The molecule has 0 N–H and O–H groups in total. The first-order valence-corrected chi connectivity index (χ1v) is 14.0. The van der Waals surface area contributed by atoms with Crippen LogP contribution in [0, 0.1) is 58.6 Å². The summed E-state index contributed by atoms with van der Waals surface area (Å²) in [6.07, 6.45) is 0. The molecule has 0 aliphatic carbocycles. The number of esters is 2. The minimum Gasteiger partial charge on any atom is -0.457 e. The smallest absolute Gasteiger partial charge is 0.339 e. The third kappa shape index (κ3) is 8.11. The molecule has 0 radical (unpaired) electrons. The maximum absolute atomic E-state index is 14.3. The fourth-order valence-electron chi connectivity index (χ4n) is 4.32. The van der Waals surface area contributed by atoms with Gasteiger partial charge in [0.15, 0.2) is 0 Å². The predicted octanol–water partition coefficient (Wildman–Crippen LogP) is 8.03. The van der Waals surface area contributed by atoms with Gasteiger partial charge in [0.2, 0.25) is 0 Å². The number of halogens is 6. The zero-order valence-corrected chi connectivity index (χ0v) is 24.6. The van der Waals surface area contributed by atoms with E-state index in [2.05, 4.69) is 23.7 Å². The average molecular weight is 655 g/mol. The lowest BCUT2D eigenvalue weighted by molar-refractivity contribution is 0.0449. The highest BCUT2D eigenvalue weighted by Crippen LogP contribution is 2.23. The number of ether oxygens (including phenoxy) is 2. The number of carbonyl (C=O) groups is 2. The Hall–Kier alpha value is -6.26. The fraction of sp³-hybridized carbons (Fsp3) is 0.0526. The van der Waals surface area contributed by atoms with Crippen molar-refractivity contribution in [2.75, 3.05) is 0 Å². The quantitative estimate of drug-likeness (QED) is 0.106. The number of benzene rings is 5. The first-order valence-electron chi connectivity index (χ1n) is 14.0. The van der Waals surface area contributed by atoms with E-state index in [1.165, 1.54) is 0 Å². The standard InChI is InChI=1S/C38H20F6O4/c39-27-17-33(41)31(34(42)18-27)21-47-37(45)29-16-26(14-12-24-9-5-2-6-10-24)30(15-25(29)13-11-23-7-3-1-4-8-23)38(46)48-22-32-35(43)19-28(40)20-36(32)44/h1-10,15-20H,21-22H2. The Kier molecular flexibility index (Phi) is 10.3. The van der Waals surface area contributed by atoms with E-state index in [9.17, 15) is 35.9 Å². The van der Waals surface area contributed by atoms with Crippen LogP contribution in [0.15, 0.2) is 97.1 Å². The molecule has 0 atom stereocenters. The molecule has 0 aromatic heterocycles. The number of hydrogen-bond acceptors (Lipinski definition) is 4. The summed E-state index contributed by atoms with van der Waals surface area (Å²) in [4.78, 5) is 26.7. The van der Waals surface area contributed by atoms with Crippen LogP contribution in [0.2, 0.25) is 0 Å². The summed E-state index contributed by atoms with van der Waals surface area (Å²) < 4.78 is 94.2. The molecule has 0 spiro atoms. The van der Waals surface area contributed by atoms with Crippen LogP contribution in [0.5, 0.6) is 0 Å². The van der Waals surface area contributed by atoms with Crippen molar-refractivity contribution in [3.63, 3.8) is 0 Å². The van der Waals surface area contributed by atoms with Crippen LogP contribution in [0.25, 0.3) is 0 Å². The van der Waals surface area contributed by atoms with Crippen molar-refractivity contribution in [2.24, 2.45) is 0 Å². The molecule has 0 heterocycles. The molecular weight excluding hydrogens is 634 g/mol. The molecule has 0 saturated carbocycles. The number of carbonyl (C=O) groups excluding carboxylic acids is 2. The molecule has 5 rings (SSSR count). The van der Waals surface area contributed by atoms with E-state index in [0.29, 0.717) is 35.4 Å². The minimum atomic E-state index is -1.27. The van der Waals surface area contributed by atoms with E-state index in [1.807, 2.05) is 0 Å². The lowest BCUT2D eigenvalue weighted by Crippen LogP contribution is -2.14. The summed E-state index contributed by atoms with van der Waals surface area (Å²) in [5.74, 6) is 1.56. The lowest BCUT2D eigenvalue weighted by Gasteiger charge is -2.12. The van der Waals surface area contributed by atoms with E-state index < -0.39 is 71.2 Å². The first kappa shape index (κ1) is 33.1. The Morgan fingerprint density at radius 2 is 0.812 bits per heavy atom. The number of hydrogen-bond donors (Lipinski definition) is 0. The van der Waals surface area contributed by atoms with Crippen molar-refractivity contribution < 1.29 is 45.4 Å². The lowest BCUT2D eigenvalue weighted by atomic mass is 9.97. The molecular formula is C38H20F6O4. The van der Waals surface area contributed by atoms with Gasteiger partial charge in [-0.3, -0.25) is 0 Å². The van der Waals surface area contributed by atoms with Gasteiger partial charge in [-0.15, -0.1) is 0 Å². The van der Waals surface area contributed by atoms with E-state index >= 15 is 0 Å². The molecule has 0 bridgehead atoms. The van der Waals surface area contributed by atoms with Crippen molar-refractivity contribution in [1.29, 1.82) is 0 Å². The maximum Gasteiger partial charge on any atom is 0.339 e. The van der Waals surface area contributed by atoms with Gasteiger partial charge < -0.3 is 9.47 Å². The number of rotatable bonds is 6. The normalized spacial score (nSPS) is 10.3. The summed E-state index contributed by atoms with van der Waals surface area (Å²) in [6.45, 7) is -1.82. The molecule has 238 valence electrons. The van der Waals surface area contributed by atoms with Gasteiger partial charge in [0.25, 0.3) is 0 Å². The van der Waals surface area contributed by atoms with Gasteiger partial charge in [-0.25, -0.2) is 35.9 Å². The van der Waals surface area contributed by atoms with Crippen LogP contribution in [0.1, 0.15) is 54.1 Å². The Balaban J connectivity index is 1.58. The predicted molar refractivity (Wildman–Crippen MR) is 162 cm³/mol. The van der Waals surface area contributed by atoms with E-state index in [1.54, 1.807) is 60.7 Å². The zero-order chi connectivity index (χ0) is 34.2. The topological polar surface area (TPSA) is 52.6 Å². The molecule has 0 amide bonds. The Labute approximate surface area is 270 Å². The van der Waals surface area contributed by atoms with Gasteiger partial charge in [-0.1, -0.05) is 60.1 Å². The molecule has 10 heteroatoms. The molecule has 0 unspecified atom stereocenters. The maximum atomic E-state index is 14.3. The Morgan fingerprint density at radius 1 is 0.479 bits per heavy atom. The molecule has 0 saturated heterocycles. The molecule has 0 aliphatic rings. The van der Waals surface area contributed by atoms with E-state index in [0.717, 1.165) is 12.1 Å². The first-order chi connectivity index (χ1) is 23.1. The Bertz CT molecular complexity index is 1940. The third-order valence-electron chi connectivity index (χ3n) is 6.73. The molecule has 5 aromatic rings. The van der Waals surface area contributed by atoms with Crippen LogP contribution < -0.4 is 0 Å². The van der Waals surface area contributed by atoms with Crippen molar-refractivity contribution in [2.45, 2.75) is 13.2 Å². The second kappa shape index (κ2) is 14.9. The molecule has 0 fully saturated rings. The van der Waals surface area contributed by atoms with Gasteiger partial charge in [-0.05, 0) is 36.4 Å². The van der Waals surface area contributed by atoms with Crippen molar-refractivity contribution >= 4 is 11.9 Å². The van der Waals surface area contributed by atoms with Gasteiger partial charge in [0.05, 0.1) is 22.3 Å². The molecule has 0 aliphatic heterocycles. The van der Waals surface area contributed by atoms with Crippen molar-refractivity contribution in [1.82, 2.24) is 0 Å². The average Bonchev–Trinajstić information content (AvgIpc) is 3.06. The SMILES string of the molecule is O=C(OCc1c(F)cc(F)cc1F)c1cc(C#Cc2ccccc2)c(C(=O)OCc2c(F)cc(F)cc2F)cc1C#Cc1ccccc1. The van der Waals surface area contributed by atoms with Gasteiger partial charge in [0, 0.05) is 46.5 Å². The van der Waals surface area contributed by atoms with E-state index in [4.69, 9.17) is 9.47 Å². The van der Waals surface area contributed by atoms with Crippen LogP contribution >= 0.6 is 0 Å². The fourth-order valence-corrected chi connectivity index (χ4v) is 4.32. The highest BCUT2D eigenvalue weighted by Gasteiger charge is 2.23. The summed E-state index contributed by atoms with van der Waals surface area (Å²) in [6, 6.07) is 21.1. The van der Waals surface area contributed by atoms with Gasteiger partial charge in [-0.2, -0.15) is 0 Å². The van der Waals surface area contributed by atoms with Crippen molar-refractivity contribution in [3.05, 3.63) is 176 Å². The monoisotopic (exact) mass is 654 g/mol. The van der Waals surface area contributed by atoms with Crippen LogP contribution in [0.3, 0.4) is 0 Å². The third-order valence-corrected chi connectivity index (χ3v) is 6.73. The van der Waals surface area contributed by atoms with Crippen LogP contribution in [-0.2, 0) is 22.7 Å². The zero-order valence-electron chi connectivity index (χ0n) is 24.6. The molecule has 4 nitrogen and oxygen atoms in total. The Morgan fingerprint density at radius 3 is 1.15 bits per heavy atom. The van der Waals surface area contributed by atoms with E-state index in [-0.39, 0.29) is 22.3 Å². The van der Waals surface area contributed by atoms with Crippen molar-refractivity contribution in [3.8, 4) is 23.7 Å². The molecule has 5 aromatic carbocycles. The van der Waals surface area contributed by atoms with Gasteiger partial charge in [0.1, 0.15) is 48.1 Å². The summed E-state index contributed by atoms with van der Waals surface area (Å²) >= 11 is 0. The second-order valence-electron chi connectivity index (χ2n) is 10.0. The highest BCUT2D eigenvalue weighted by atomic mass is 19.2. The second-order valence-corrected chi connectivity index (χ2v) is 10.0. The largest absolute Gasteiger partial charge is 0.457 e. The summed E-state index contributed by atoms with van der Waals surface area (Å²) in [7, 11) is 0. The van der Waals surface area contributed by atoms with Crippen LogP contribution in [-0.4, -0.2) is 11.9 Å². The van der Waals surface area contributed by atoms with Crippen LogP contribution in [0.4, 0.5) is 26.3 Å². The summed E-state index contributed by atoms with van der Waals surface area (Å²) in [5.41, 5.74) is -1.08. The molecule has 48 heavy (non-hydrogen) atoms. The summed E-state index contributed by atoms with van der Waals surface area (Å²) in [5, 5.41) is 0. The highest BCUT2D eigenvalue weighted by molar-refractivity contribution is 5.98. The minimum absolute atomic E-state index is 0.0970.